The first-order chi connectivity index (χ1) is 12.2. The number of fused-ring (bicyclic) bond motifs is 2. The van der Waals surface area contributed by atoms with Crippen molar-refractivity contribution in [3.63, 3.8) is 0 Å². The van der Waals surface area contributed by atoms with Crippen LogP contribution in [0.1, 0.15) is 28.6 Å². The Kier molecular flexibility index (Phi) is 4.03. The number of nitrogens with one attached hydrogen (secondary N) is 1. The number of rotatable bonds is 5. The van der Waals surface area contributed by atoms with Crippen LogP contribution in [0.2, 0.25) is 0 Å². The molecule has 1 atom stereocenters. The molecule has 0 saturated heterocycles. The zero-order valence-electron chi connectivity index (χ0n) is 13.4. The number of hydrogen-bond acceptors (Lipinski definition) is 5. The fourth-order valence-corrected chi connectivity index (χ4v) is 2.77. The van der Waals surface area contributed by atoms with Crippen LogP contribution in [-0.2, 0) is 0 Å². The van der Waals surface area contributed by atoms with E-state index in [4.69, 9.17) is 13.9 Å². The number of hydrogen-bond donors (Lipinski definition) is 2. The first-order valence-electron chi connectivity index (χ1n) is 8.05. The summed E-state index contributed by atoms with van der Waals surface area (Å²) in [6.45, 7) is 0.496. The Hall–Kier alpha value is -2.99. The maximum Gasteiger partial charge on any atom is 0.251 e. The summed E-state index contributed by atoms with van der Waals surface area (Å²) < 4.78 is 16.1. The van der Waals surface area contributed by atoms with Crippen LogP contribution in [0.4, 0.5) is 0 Å². The first-order valence-corrected chi connectivity index (χ1v) is 8.05. The van der Waals surface area contributed by atoms with Gasteiger partial charge in [0.15, 0.2) is 11.5 Å². The highest BCUT2D eigenvalue weighted by Crippen LogP contribution is 2.32. The summed E-state index contributed by atoms with van der Waals surface area (Å²) in [4.78, 5) is 12.2. The Morgan fingerprint density at radius 2 is 1.96 bits per heavy atom. The second-order valence-corrected chi connectivity index (χ2v) is 5.82. The zero-order valence-corrected chi connectivity index (χ0v) is 13.4. The third kappa shape index (κ3) is 3.16. The van der Waals surface area contributed by atoms with Gasteiger partial charge in [-0.25, -0.2) is 0 Å². The van der Waals surface area contributed by atoms with E-state index in [0.717, 1.165) is 11.0 Å². The summed E-state index contributed by atoms with van der Waals surface area (Å²) in [6, 6.07) is 14.4. The number of aliphatic hydroxyl groups excluding tert-OH is 1. The molecule has 0 saturated carbocycles. The molecule has 1 unspecified atom stereocenters. The van der Waals surface area contributed by atoms with Gasteiger partial charge in [0.25, 0.3) is 5.91 Å². The number of aliphatic hydroxyl groups is 1. The third-order valence-electron chi connectivity index (χ3n) is 4.11. The number of ether oxygens (including phenoxy) is 2. The summed E-state index contributed by atoms with van der Waals surface area (Å²) in [7, 11) is 0. The van der Waals surface area contributed by atoms with Crippen molar-refractivity contribution in [2.24, 2.45) is 0 Å². The van der Waals surface area contributed by atoms with Crippen LogP contribution in [0.5, 0.6) is 11.5 Å². The molecule has 128 valence electrons. The third-order valence-corrected chi connectivity index (χ3v) is 4.11. The second-order valence-electron chi connectivity index (χ2n) is 5.82. The normalized spacial score (nSPS) is 13.8. The minimum atomic E-state index is -0.774. The lowest BCUT2D eigenvalue weighted by Gasteiger charge is -2.09. The van der Waals surface area contributed by atoms with Crippen molar-refractivity contribution in [3.05, 3.63) is 59.9 Å². The lowest BCUT2D eigenvalue weighted by atomic mass is 10.1. The highest BCUT2D eigenvalue weighted by atomic mass is 16.7. The van der Waals surface area contributed by atoms with Crippen LogP contribution >= 0.6 is 0 Å². The van der Waals surface area contributed by atoms with E-state index < -0.39 is 6.10 Å². The van der Waals surface area contributed by atoms with Crippen LogP contribution in [0.25, 0.3) is 11.0 Å². The number of para-hydroxylation sites is 1. The van der Waals surface area contributed by atoms with E-state index in [2.05, 4.69) is 5.32 Å². The summed E-state index contributed by atoms with van der Waals surface area (Å²) >= 11 is 0. The van der Waals surface area contributed by atoms with Gasteiger partial charge in [-0.3, -0.25) is 4.79 Å². The monoisotopic (exact) mass is 339 g/mol. The molecule has 1 amide bonds. The molecule has 0 aliphatic carbocycles. The molecule has 1 aliphatic heterocycles. The highest BCUT2D eigenvalue weighted by Gasteiger charge is 2.17. The maximum atomic E-state index is 12.2. The fraction of sp³-hybridized carbons (Fsp3) is 0.211. The van der Waals surface area contributed by atoms with Crippen LogP contribution in [-0.4, -0.2) is 24.4 Å². The molecule has 2 heterocycles. The van der Waals surface area contributed by atoms with Crippen LogP contribution in [0.3, 0.4) is 0 Å². The SMILES string of the molecule is O=C(NCCC(O)c1cc2ccccc2o1)c1ccc2c(c1)OCO2. The highest BCUT2D eigenvalue weighted by molar-refractivity contribution is 5.94. The topological polar surface area (TPSA) is 80.9 Å². The predicted octanol–water partition coefficient (Wildman–Crippen LogP) is 3.02. The Morgan fingerprint density at radius 3 is 2.84 bits per heavy atom. The maximum absolute atomic E-state index is 12.2. The van der Waals surface area contributed by atoms with E-state index in [1.165, 1.54) is 0 Å². The molecule has 0 fully saturated rings. The van der Waals surface area contributed by atoms with Gasteiger partial charge < -0.3 is 24.3 Å². The molecule has 6 heteroatoms. The molecule has 25 heavy (non-hydrogen) atoms. The quantitative estimate of drug-likeness (QED) is 0.747. The van der Waals surface area contributed by atoms with E-state index in [9.17, 15) is 9.90 Å². The molecule has 1 aliphatic rings. The van der Waals surface area contributed by atoms with E-state index in [-0.39, 0.29) is 12.7 Å². The molecular weight excluding hydrogens is 322 g/mol. The van der Waals surface area contributed by atoms with E-state index in [0.29, 0.717) is 35.8 Å². The van der Waals surface area contributed by atoms with Crippen LogP contribution < -0.4 is 14.8 Å². The van der Waals surface area contributed by atoms with Crippen molar-refractivity contribution in [2.75, 3.05) is 13.3 Å². The van der Waals surface area contributed by atoms with Gasteiger partial charge in [0.05, 0.1) is 0 Å². The molecule has 0 bridgehead atoms. The van der Waals surface area contributed by atoms with Gasteiger partial charge in [-0.2, -0.15) is 0 Å². The number of benzene rings is 2. The second kappa shape index (κ2) is 6.49. The molecule has 4 rings (SSSR count). The number of amides is 1. The molecule has 6 nitrogen and oxygen atoms in total. The summed E-state index contributed by atoms with van der Waals surface area (Å²) in [5.74, 6) is 1.47. The first kappa shape index (κ1) is 15.5. The largest absolute Gasteiger partial charge is 0.458 e. The lowest BCUT2D eigenvalue weighted by molar-refractivity contribution is 0.0936. The summed E-state index contributed by atoms with van der Waals surface area (Å²) in [6.07, 6.45) is -0.416. The fourth-order valence-electron chi connectivity index (χ4n) is 2.77. The number of carbonyl (C=O) groups is 1. The number of carbonyl (C=O) groups excluding carboxylic acids is 1. The standard InChI is InChI=1S/C19H17NO5/c21-14(17-9-12-3-1-2-4-15(12)25-17)7-8-20-19(22)13-5-6-16-18(10-13)24-11-23-16/h1-6,9-10,14,21H,7-8,11H2,(H,20,22). The predicted molar refractivity (Wildman–Crippen MR) is 90.7 cm³/mol. The Balaban J connectivity index is 1.34. The lowest BCUT2D eigenvalue weighted by Crippen LogP contribution is -2.25. The summed E-state index contributed by atoms with van der Waals surface area (Å²) in [5.41, 5.74) is 1.23. The minimum Gasteiger partial charge on any atom is -0.458 e. The minimum absolute atomic E-state index is 0.171. The van der Waals surface area contributed by atoms with Crippen LogP contribution in [0, 0.1) is 0 Å². The van der Waals surface area contributed by atoms with Crippen molar-refractivity contribution < 1.29 is 23.8 Å². The van der Waals surface area contributed by atoms with E-state index >= 15 is 0 Å². The van der Waals surface area contributed by atoms with Crippen molar-refractivity contribution >= 4 is 16.9 Å². The molecule has 1 aromatic heterocycles. The average molecular weight is 339 g/mol. The summed E-state index contributed by atoms with van der Waals surface area (Å²) in [5, 5.41) is 14.0. The molecule has 0 radical (unpaired) electrons. The van der Waals surface area contributed by atoms with Gasteiger partial charge in [-0.1, -0.05) is 18.2 Å². The molecular formula is C19H17NO5. The average Bonchev–Trinajstić information content (AvgIpc) is 3.27. The Bertz CT molecular complexity index is 884. The van der Waals surface area contributed by atoms with Crippen molar-refractivity contribution in [2.45, 2.75) is 12.5 Å². The van der Waals surface area contributed by atoms with Gasteiger partial charge in [0.2, 0.25) is 6.79 Å². The van der Waals surface area contributed by atoms with E-state index in [1.54, 1.807) is 18.2 Å². The van der Waals surface area contributed by atoms with Crippen molar-refractivity contribution in [1.82, 2.24) is 5.32 Å². The van der Waals surface area contributed by atoms with Gasteiger partial charge >= 0.3 is 0 Å². The molecule has 3 aromatic rings. The van der Waals surface area contributed by atoms with E-state index in [1.807, 2.05) is 30.3 Å². The molecule has 2 aromatic carbocycles. The van der Waals surface area contributed by atoms with Gasteiger partial charge in [-0.15, -0.1) is 0 Å². The molecule has 2 N–H and O–H groups in total. The molecule has 0 spiro atoms. The number of furan rings is 1. The van der Waals surface area contributed by atoms with Crippen molar-refractivity contribution in [3.8, 4) is 11.5 Å². The Morgan fingerprint density at radius 1 is 1.12 bits per heavy atom. The Labute approximate surface area is 144 Å². The van der Waals surface area contributed by atoms with Crippen molar-refractivity contribution in [1.29, 1.82) is 0 Å². The van der Waals surface area contributed by atoms with Crippen LogP contribution in [0.15, 0.2) is 52.9 Å². The van der Waals surface area contributed by atoms with Gasteiger partial charge in [0.1, 0.15) is 17.4 Å². The van der Waals surface area contributed by atoms with Gasteiger partial charge in [-0.05, 0) is 36.8 Å². The zero-order chi connectivity index (χ0) is 17.2. The van der Waals surface area contributed by atoms with Gasteiger partial charge in [0, 0.05) is 17.5 Å². The smallest absolute Gasteiger partial charge is 0.251 e.